The van der Waals surface area contributed by atoms with Gasteiger partial charge in [0.15, 0.2) is 0 Å². The Morgan fingerprint density at radius 3 is 2.00 bits per heavy atom. The van der Waals surface area contributed by atoms with Gasteiger partial charge in [0, 0.05) is 31.6 Å². The van der Waals surface area contributed by atoms with Crippen molar-refractivity contribution in [1.82, 2.24) is 20.0 Å². The molecular weight excluding hydrogens is 584 g/mol. The number of amides is 3. The van der Waals surface area contributed by atoms with Crippen molar-refractivity contribution in [2.45, 2.75) is 163 Å². The van der Waals surface area contributed by atoms with Gasteiger partial charge in [0.1, 0.15) is 17.7 Å². The molecule has 5 unspecified atom stereocenters. The fourth-order valence-corrected chi connectivity index (χ4v) is 6.49. The second kappa shape index (κ2) is 16.1. The SMILES string of the molecule is C/C(=C\C(C(C)C)N(C)C(=O)C(NC(=O)C1CCCCN1C(C)C)C(C)C)C(=O)N1CC(OC(C)(C)C)CC1C(=O)OC(C)(C)C. The first-order chi connectivity index (χ1) is 21.0. The molecule has 2 saturated heterocycles. The number of likely N-dealkylation sites (tertiary alicyclic amines) is 2. The van der Waals surface area contributed by atoms with Crippen LogP contribution in [0.5, 0.6) is 0 Å². The van der Waals surface area contributed by atoms with E-state index in [1.165, 1.54) is 0 Å². The van der Waals surface area contributed by atoms with E-state index in [-0.39, 0.29) is 54.3 Å². The Bertz CT molecular complexity index is 1100. The monoisotopic (exact) mass is 648 g/mol. The number of esters is 1. The third kappa shape index (κ3) is 11.1. The minimum absolute atomic E-state index is 0.0211. The van der Waals surface area contributed by atoms with E-state index in [4.69, 9.17) is 9.47 Å². The van der Waals surface area contributed by atoms with Crippen LogP contribution in [0.1, 0.15) is 116 Å². The predicted octanol–water partition coefficient (Wildman–Crippen LogP) is 4.95. The highest BCUT2D eigenvalue weighted by atomic mass is 16.6. The smallest absolute Gasteiger partial charge is 0.329 e. The van der Waals surface area contributed by atoms with Gasteiger partial charge in [0.2, 0.25) is 17.7 Å². The normalized spacial score (nSPS) is 23.1. The van der Waals surface area contributed by atoms with Crippen LogP contribution in [-0.4, -0.2) is 106 Å². The van der Waals surface area contributed by atoms with Crippen LogP contribution in [0.25, 0.3) is 0 Å². The van der Waals surface area contributed by atoms with Gasteiger partial charge in [-0.05, 0) is 93.5 Å². The van der Waals surface area contributed by atoms with Gasteiger partial charge in [0.05, 0.1) is 23.8 Å². The molecule has 2 rings (SSSR count). The second-order valence-corrected chi connectivity index (χ2v) is 16.2. The van der Waals surface area contributed by atoms with Crippen molar-refractivity contribution in [3.63, 3.8) is 0 Å². The van der Waals surface area contributed by atoms with E-state index in [1.807, 2.05) is 75.3 Å². The van der Waals surface area contributed by atoms with Crippen LogP contribution in [0, 0.1) is 11.8 Å². The summed E-state index contributed by atoms with van der Waals surface area (Å²) in [6.07, 6.45) is 4.69. The molecule has 0 saturated carbocycles. The molecule has 5 atom stereocenters. The molecule has 0 bridgehead atoms. The molecule has 10 nitrogen and oxygen atoms in total. The molecule has 10 heteroatoms. The summed E-state index contributed by atoms with van der Waals surface area (Å²) in [6, 6.07) is -1.91. The fourth-order valence-electron chi connectivity index (χ4n) is 6.49. The summed E-state index contributed by atoms with van der Waals surface area (Å²) < 4.78 is 11.9. The molecular formula is C36H64N4O6. The number of nitrogens with zero attached hydrogens (tertiary/aromatic N) is 3. The van der Waals surface area contributed by atoms with Gasteiger partial charge >= 0.3 is 5.97 Å². The van der Waals surface area contributed by atoms with Gasteiger partial charge in [-0.2, -0.15) is 0 Å². The summed E-state index contributed by atoms with van der Waals surface area (Å²) in [6.45, 7) is 26.2. The third-order valence-corrected chi connectivity index (χ3v) is 8.70. The summed E-state index contributed by atoms with van der Waals surface area (Å²) in [4.78, 5) is 60.2. The van der Waals surface area contributed by atoms with Crippen molar-refractivity contribution in [1.29, 1.82) is 0 Å². The highest BCUT2D eigenvalue weighted by Crippen LogP contribution is 2.29. The molecule has 264 valence electrons. The lowest BCUT2D eigenvalue weighted by Gasteiger charge is -2.39. The van der Waals surface area contributed by atoms with Gasteiger partial charge in [-0.15, -0.1) is 0 Å². The van der Waals surface area contributed by atoms with Crippen molar-refractivity contribution in [3.05, 3.63) is 11.6 Å². The number of likely N-dealkylation sites (N-methyl/N-ethyl adjacent to an activating group) is 1. The lowest BCUT2D eigenvalue weighted by Crippen LogP contribution is -2.58. The van der Waals surface area contributed by atoms with Crippen LogP contribution < -0.4 is 5.32 Å². The van der Waals surface area contributed by atoms with Crippen molar-refractivity contribution < 1.29 is 28.7 Å². The maximum Gasteiger partial charge on any atom is 0.329 e. The predicted molar refractivity (Wildman–Crippen MR) is 182 cm³/mol. The molecule has 46 heavy (non-hydrogen) atoms. The van der Waals surface area contributed by atoms with Crippen molar-refractivity contribution in [2.75, 3.05) is 20.1 Å². The second-order valence-electron chi connectivity index (χ2n) is 16.2. The topological polar surface area (TPSA) is 108 Å². The van der Waals surface area contributed by atoms with Crippen molar-refractivity contribution >= 4 is 23.7 Å². The quantitative estimate of drug-likeness (QED) is 0.250. The minimum Gasteiger partial charge on any atom is -0.458 e. The van der Waals surface area contributed by atoms with E-state index in [1.54, 1.807) is 23.8 Å². The number of hydrogen-bond donors (Lipinski definition) is 1. The highest BCUT2D eigenvalue weighted by Gasteiger charge is 2.44. The molecule has 0 radical (unpaired) electrons. The third-order valence-electron chi connectivity index (χ3n) is 8.70. The summed E-state index contributed by atoms with van der Waals surface area (Å²) in [5, 5.41) is 3.09. The largest absolute Gasteiger partial charge is 0.458 e. The Hall–Kier alpha value is -2.46. The Kier molecular flexibility index (Phi) is 13.9. The lowest BCUT2D eigenvalue weighted by atomic mass is 9.95. The summed E-state index contributed by atoms with van der Waals surface area (Å²) in [7, 11) is 1.73. The first kappa shape index (κ1) is 39.7. The van der Waals surface area contributed by atoms with Gasteiger partial charge in [0.25, 0.3) is 0 Å². The number of carbonyl (C=O) groups is 4. The highest BCUT2D eigenvalue weighted by molar-refractivity contribution is 5.96. The van der Waals surface area contributed by atoms with E-state index >= 15 is 0 Å². The van der Waals surface area contributed by atoms with E-state index in [0.717, 1.165) is 25.8 Å². The lowest BCUT2D eigenvalue weighted by molar-refractivity contribution is -0.162. The number of carbonyl (C=O) groups excluding carboxylic acids is 4. The summed E-state index contributed by atoms with van der Waals surface area (Å²) in [5.41, 5.74) is -0.702. The Morgan fingerprint density at radius 2 is 1.50 bits per heavy atom. The Morgan fingerprint density at radius 1 is 0.891 bits per heavy atom. The minimum atomic E-state index is -0.773. The van der Waals surface area contributed by atoms with E-state index in [9.17, 15) is 19.2 Å². The number of ether oxygens (including phenoxy) is 2. The van der Waals surface area contributed by atoms with Crippen molar-refractivity contribution in [2.24, 2.45) is 11.8 Å². The molecule has 0 aliphatic carbocycles. The molecule has 0 spiro atoms. The average Bonchev–Trinajstić information content (AvgIpc) is 3.34. The first-order valence-electron chi connectivity index (χ1n) is 17.3. The van der Waals surface area contributed by atoms with Gasteiger partial charge in [-0.1, -0.05) is 40.2 Å². The fraction of sp³-hybridized carbons (Fsp3) is 0.833. The maximum absolute atomic E-state index is 14.0. The first-order valence-corrected chi connectivity index (χ1v) is 17.3. The zero-order valence-corrected chi connectivity index (χ0v) is 31.2. The molecule has 2 heterocycles. The average molecular weight is 649 g/mol. The Labute approximate surface area is 279 Å². The summed E-state index contributed by atoms with van der Waals surface area (Å²) >= 11 is 0. The van der Waals surface area contributed by atoms with Crippen LogP contribution in [-0.2, 0) is 28.7 Å². The number of piperidine rings is 1. The molecule has 2 aliphatic rings. The molecule has 3 amide bonds. The van der Waals surface area contributed by atoms with E-state index in [0.29, 0.717) is 12.0 Å². The maximum atomic E-state index is 14.0. The van der Waals surface area contributed by atoms with Crippen LogP contribution in [0.15, 0.2) is 11.6 Å². The number of rotatable bonds is 11. The van der Waals surface area contributed by atoms with Gasteiger partial charge in [-0.3, -0.25) is 19.3 Å². The molecule has 0 aromatic rings. The zero-order chi connectivity index (χ0) is 35.3. The van der Waals surface area contributed by atoms with Crippen LogP contribution in [0.3, 0.4) is 0 Å². The molecule has 1 N–H and O–H groups in total. The number of nitrogens with one attached hydrogen (secondary N) is 1. The Balaban J connectivity index is 2.31. The zero-order valence-electron chi connectivity index (χ0n) is 31.2. The molecule has 2 aliphatic heterocycles. The van der Waals surface area contributed by atoms with Gasteiger partial charge in [-0.25, -0.2) is 4.79 Å². The van der Waals surface area contributed by atoms with Crippen LogP contribution in [0.4, 0.5) is 0 Å². The summed E-state index contributed by atoms with van der Waals surface area (Å²) in [5.74, 6) is -1.20. The molecule has 0 aromatic carbocycles. The van der Waals surface area contributed by atoms with Crippen LogP contribution >= 0.6 is 0 Å². The van der Waals surface area contributed by atoms with Gasteiger partial charge < -0.3 is 24.6 Å². The van der Waals surface area contributed by atoms with E-state index < -0.39 is 35.3 Å². The van der Waals surface area contributed by atoms with Crippen LogP contribution in [0.2, 0.25) is 0 Å². The van der Waals surface area contributed by atoms with Crippen molar-refractivity contribution in [3.8, 4) is 0 Å². The van der Waals surface area contributed by atoms with E-state index in [2.05, 4.69) is 24.1 Å². The number of hydrogen-bond acceptors (Lipinski definition) is 7. The molecule has 2 fully saturated rings. The standard InChI is InChI=1S/C36H64N4O6/c1-22(2)28(38(14)33(43)30(23(3)4)37-31(41)27-17-15-16-18-39(27)24(5)6)19-25(7)32(42)40-21-26(45-35(8,9)10)20-29(40)34(44)46-36(11,12)13/h19,22-24,26-30H,15-18,20-21H2,1-14H3,(H,37,41)/b25-19+. The molecule has 0 aromatic heterocycles.